The fourth-order valence-corrected chi connectivity index (χ4v) is 4.18. The summed E-state index contributed by atoms with van der Waals surface area (Å²) in [6.45, 7) is 5.70. The molecule has 32 heavy (non-hydrogen) atoms. The second kappa shape index (κ2) is 9.12. The molecular weight excluding hydrogens is 431 g/mol. The van der Waals surface area contributed by atoms with Crippen molar-refractivity contribution in [2.24, 2.45) is 0 Å². The van der Waals surface area contributed by atoms with E-state index in [0.717, 1.165) is 22.6 Å². The predicted octanol–water partition coefficient (Wildman–Crippen LogP) is 3.81. The number of carbonyl (C=O) groups excluding carboxylic acids is 2. The fourth-order valence-electron chi connectivity index (χ4n) is 3.99. The second-order valence-corrected chi connectivity index (χ2v) is 8.33. The van der Waals surface area contributed by atoms with Crippen LogP contribution >= 0.6 is 11.6 Å². The minimum atomic E-state index is -0.307. The van der Waals surface area contributed by atoms with Gasteiger partial charge in [-0.1, -0.05) is 17.7 Å². The van der Waals surface area contributed by atoms with Gasteiger partial charge in [-0.2, -0.15) is 5.10 Å². The van der Waals surface area contributed by atoms with Gasteiger partial charge in [0.15, 0.2) is 0 Å². The molecule has 0 unspecified atom stereocenters. The van der Waals surface area contributed by atoms with Crippen molar-refractivity contribution < 1.29 is 14.0 Å². The maximum Gasteiger partial charge on any atom is 0.254 e. The lowest BCUT2D eigenvalue weighted by Crippen LogP contribution is -2.51. The minimum absolute atomic E-state index is 0.00436. The molecule has 2 aromatic carbocycles. The van der Waals surface area contributed by atoms with Gasteiger partial charge in [0.25, 0.3) is 5.91 Å². The lowest BCUT2D eigenvalue weighted by atomic mass is 10.1. The Kier molecular flexibility index (Phi) is 6.28. The van der Waals surface area contributed by atoms with Crippen molar-refractivity contribution >= 4 is 23.4 Å². The summed E-state index contributed by atoms with van der Waals surface area (Å²) in [7, 11) is 0. The van der Waals surface area contributed by atoms with Crippen molar-refractivity contribution in [2.75, 3.05) is 26.2 Å². The molecule has 0 saturated carbocycles. The van der Waals surface area contributed by atoms with Crippen molar-refractivity contribution in [1.82, 2.24) is 19.6 Å². The molecule has 1 fully saturated rings. The Bertz CT molecular complexity index is 1150. The van der Waals surface area contributed by atoms with Gasteiger partial charge < -0.3 is 9.80 Å². The third kappa shape index (κ3) is 4.53. The first-order valence-corrected chi connectivity index (χ1v) is 10.8. The first-order valence-electron chi connectivity index (χ1n) is 10.5. The van der Waals surface area contributed by atoms with Gasteiger partial charge in [0, 0.05) is 48.0 Å². The third-order valence-electron chi connectivity index (χ3n) is 5.83. The van der Waals surface area contributed by atoms with Gasteiger partial charge in [-0.3, -0.25) is 9.59 Å². The van der Waals surface area contributed by atoms with Gasteiger partial charge in [0.05, 0.1) is 17.8 Å². The fraction of sp³-hybridized carbons (Fsp3) is 0.292. The number of aryl methyl sites for hydroxylation is 1. The quantitative estimate of drug-likeness (QED) is 0.602. The lowest BCUT2D eigenvalue weighted by Gasteiger charge is -2.35. The van der Waals surface area contributed by atoms with Crippen LogP contribution in [0.2, 0.25) is 5.02 Å². The number of benzene rings is 2. The van der Waals surface area contributed by atoms with Crippen molar-refractivity contribution in [1.29, 1.82) is 0 Å². The molecular formula is C24H24ClFN4O2. The van der Waals surface area contributed by atoms with Gasteiger partial charge in [-0.15, -0.1) is 0 Å². The molecule has 0 spiro atoms. The molecule has 0 N–H and O–H groups in total. The molecule has 1 aliphatic heterocycles. The minimum Gasteiger partial charge on any atom is -0.339 e. The van der Waals surface area contributed by atoms with Crippen LogP contribution in [-0.2, 0) is 11.2 Å². The molecule has 1 aliphatic rings. The van der Waals surface area contributed by atoms with Crippen LogP contribution in [-0.4, -0.2) is 57.6 Å². The molecule has 6 nitrogen and oxygen atoms in total. The van der Waals surface area contributed by atoms with E-state index in [1.807, 2.05) is 13.8 Å². The number of hydrogen-bond acceptors (Lipinski definition) is 3. The van der Waals surface area contributed by atoms with Gasteiger partial charge in [0.2, 0.25) is 5.91 Å². The van der Waals surface area contributed by atoms with Crippen LogP contribution in [0.15, 0.2) is 48.5 Å². The monoisotopic (exact) mass is 454 g/mol. The summed E-state index contributed by atoms with van der Waals surface area (Å²) in [5.41, 5.74) is 3.81. The molecule has 166 valence electrons. The smallest absolute Gasteiger partial charge is 0.254 e. The standard InChI is InChI=1S/C24H24ClFN4O2/c1-16-22(17(2)30(27-16)21-8-6-20(26)7-9-21)15-23(31)28-10-12-29(13-11-28)24(32)18-4-3-5-19(25)14-18/h3-9,14H,10-13,15H2,1-2H3. The SMILES string of the molecule is Cc1nn(-c2ccc(F)cc2)c(C)c1CC(=O)N1CCN(C(=O)c2cccc(Cl)c2)CC1. The van der Waals surface area contributed by atoms with E-state index in [1.165, 1.54) is 12.1 Å². The van der Waals surface area contributed by atoms with E-state index < -0.39 is 0 Å². The summed E-state index contributed by atoms with van der Waals surface area (Å²) in [5, 5.41) is 5.07. The van der Waals surface area contributed by atoms with E-state index in [1.54, 1.807) is 50.9 Å². The first-order chi connectivity index (χ1) is 15.3. The van der Waals surface area contributed by atoms with Crippen LogP contribution in [0.3, 0.4) is 0 Å². The molecule has 0 atom stereocenters. The van der Waals surface area contributed by atoms with Crippen LogP contribution in [0.5, 0.6) is 0 Å². The van der Waals surface area contributed by atoms with E-state index in [-0.39, 0.29) is 24.1 Å². The van der Waals surface area contributed by atoms with Crippen LogP contribution in [0.25, 0.3) is 5.69 Å². The summed E-state index contributed by atoms with van der Waals surface area (Å²) in [6.07, 6.45) is 0.237. The molecule has 2 heterocycles. The molecule has 3 aromatic rings. The zero-order chi connectivity index (χ0) is 22.8. The Labute approximate surface area is 191 Å². The number of aromatic nitrogens is 2. The van der Waals surface area contributed by atoms with E-state index in [9.17, 15) is 14.0 Å². The molecule has 2 amide bonds. The number of halogens is 2. The lowest BCUT2D eigenvalue weighted by molar-refractivity contribution is -0.131. The molecule has 0 bridgehead atoms. The Morgan fingerprint density at radius 2 is 1.66 bits per heavy atom. The molecule has 0 aliphatic carbocycles. The number of nitrogens with zero attached hydrogens (tertiary/aromatic N) is 4. The van der Waals surface area contributed by atoms with Crippen LogP contribution in [0.4, 0.5) is 4.39 Å². The molecule has 1 saturated heterocycles. The van der Waals surface area contributed by atoms with Crippen molar-refractivity contribution in [3.05, 3.63) is 81.9 Å². The number of hydrogen-bond donors (Lipinski definition) is 0. The highest BCUT2D eigenvalue weighted by Crippen LogP contribution is 2.20. The predicted molar refractivity (Wildman–Crippen MR) is 121 cm³/mol. The average molecular weight is 455 g/mol. The second-order valence-electron chi connectivity index (χ2n) is 7.90. The summed E-state index contributed by atoms with van der Waals surface area (Å²) < 4.78 is 15.0. The summed E-state index contributed by atoms with van der Waals surface area (Å²) in [5.74, 6) is -0.379. The van der Waals surface area contributed by atoms with E-state index >= 15 is 0 Å². The summed E-state index contributed by atoms with van der Waals surface area (Å²) in [4.78, 5) is 29.2. The van der Waals surface area contributed by atoms with E-state index in [4.69, 9.17) is 11.6 Å². The van der Waals surface area contributed by atoms with E-state index in [0.29, 0.717) is 36.8 Å². The van der Waals surface area contributed by atoms with Gasteiger partial charge >= 0.3 is 0 Å². The molecule has 8 heteroatoms. The summed E-state index contributed by atoms with van der Waals surface area (Å²) in [6, 6.07) is 13.0. The Morgan fingerprint density at radius 1 is 1.00 bits per heavy atom. The van der Waals surface area contributed by atoms with Gasteiger partial charge in [-0.25, -0.2) is 9.07 Å². The third-order valence-corrected chi connectivity index (χ3v) is 6.07. The average Bonchev–Trinajstić information content (AvgIpc) is 3.07. The zero-order valence-electron chi connectivity index (χ0n) is 18.0. The van der Waals surface area contributed by atoms with Gasteiger partial charge in [0.1, 0.15) is 5.82 Å². The molecule has 1 aromatic heterocycles. The maximum absolute atomic E-state index is 13.2. The molecule has 0 radical (unpaired) electrons. The number of piperazine rings is 1. The normalized spacial score (nSPS) is 14.0. The Morgan fingerprint density at radius 3 is 2.31 bits per heavy atom. The number of amides is 2. The Hall–Kier alpha value is -3.19. The highest BCUT2D eigenvalue weighted by molar-refractivity contribution is 6.30. The summed E-state index contributed by atoms with van der Waals surface area (Å²) >= 11 is 6.00. The van der Waals surface area contributed by atoms with Crippen molar-refractivity contribution in [2.45, 2.75) is 20.3 Å². The van der Waals surface area contributed by atoms with Crippen molar-refractivity contribution in [3.63, 3.8) is 0 Å². The van der Waals surface area contributed by atoms with Crippen LogP contribution in [0, 0.1) is 19.7 Å². The largest absolute Gasteiger partial charge is 0.339 e. The van der Waals surface area contributed by atoms with Crippen LogP contribution in [0.1, 0.15) is 27.3 Å². The number of rotatable bonds is 4. The van der Waals surface area contributed by atoms with Crippen molar-refractivity contribution in [3.8, 4) is 5.69 Å². The first kappa shape index (κ1) is 22.0. The van der Waals surface area contributed by atoms with E-state index in [2.05, 4.69) is 5.10 Å². The Balaban J connectivity index is 1.40. The topological polar surface area (TPSA) is 58.4 Å². The maximum atomic E-state index is 13.2. The zero-order valence-corrected chi connectivity index (χ0v) is 18.8. The van der Waals surface area contributed by atoms with Gasteiger partial charge in [-0.05, 0) is 56.3 Å². The highest BCUT2D eigenvalue weighted by Gasteiger charge is 2.26. The highest BCUT2D eigenvalue weighted by atomic mass is 35.5. The van der Waals surface area contributed by atoms with Crippen LogP contribution < -0.4 is 0 Å². The molecule has 4 rings (SSSR count). The number of carbonyl (C=O) groups is 2.